The number of nitrogens with one attached hydrogen (secondary N) is 1. The highest BCUT2D eigenvalue weighted by atomic mass is 16.5. The second-order valence-electron chi connectivity index (χ2n) is 4.40. The maximum Gasteiger partial charge on any atom is 0.286 e. The van der Waals surface area contributed by atoms with Gasteiger partial charge in [-0.25, -0.2) is 0 Å². The molecule has 1 amide bonds. The van der Waals surface area contributed by atoms with Gasteiger partial charge >= 0.3 is 0 Å². The standard InChI is InChI=1S/C12H17NO3/c1-15-8-6-12(4-5-12)9-13-11(14)10-3-2-7-16-10/h2-3,7H,4-6,8-9H2,1H3,(H,13,14). The van der Waals surface area contributed by atoms with E-state index in [9.17, 15) is 4.79 Å². The topological polar surface area (TPSA) is 51.5 Å². The maximum atomic E-state index is 11.6. The summed E-state index contributed by atoms with van der Waals surface area (Å²) in [4.78, 5) is 11.6. The lowest BCUT2D eigenvalue weighted by Gasteiger charge is -2.14. The molecule has 0 radical (unpaired) electrons. The van der Waals surface area contributed by atoms with E-state index in [0.717, 1.165) is 19.6 Å². The largest absolute Gasteiger partial charge is 0.459 e. The first-order chi connectivity index (χ1) is 7.76. The molecule has 0 aromatic carbocycles. The van der Waals surface area contributed by atoms with Gasteiger partial charge in [-0.15, -0.1) is 0 Å². The third kappa shape index (κ3) is 2.64. The third-order valence-corrected chi connectivity index (χ3v) is 3.16. The van der Waals surface area contributed by atoms with E-state index in [1.54, 1.807) is 19.2 Å². The predicted molar refractivity (Wildman–Crippen MR) is 59.2 cm³/mol. The van der Waals surface area contributed by atoms with Gasteiger partial charge in [-0.2, -0.15) is 0 Å². The Labute approximate surface area is 95.0 Å². The molecule has 1 N–H and O–H groups in total. The molecule has 2 rings (SSSR count). The molecule has 0 bridgehead atoms. The Morgan fingerprint density at radius 3 is 3.00 bits per heavy atom. The van der Waals surface area contributed by atoms with E-state index in [1.165, 1.54) is 19.1 Å². The molecule has 1 aromatic heterocycles. The van der Waals surface area contributed by atoms with Gasteiger partial charge in [0, 0.05) is 20.3 Å². The van der Waals surface area contributed by atoms with Crippen molar-refractivity contribution in [1.82, 2.24) is 5.32 Å². The van der Waals surface area contributed by atoms with Gasteiger partial charge in [0.25, 0.3) is 5.91 Å². The van der Waals surface area contributed by atoms with Gasteiger partial charge < -0.3 is 14.5 Å². The average Bonchev–Trinajstić information content (AvgIpc) is 2.85. The minimum Gasteiger partial charge on any atom is -0.459 e. The SMILES string of the molecule is COCCC1(CNC(=O)c2ccco2)CC1. The molecule has 0 unspecified atom stereocenters. The highest BCUT2D eigenvalue weighted by Crippen LogP contribution is 2.48. The highest BCUT2D eigenvalue weighted by Gasteiger charge is 2.42. The number of hydrogen-bond donors (Lipinski definition) is 1. The molecule has 1 saturated carbocycles. The zero-order valence-electron chi connectivity index (χ0n) is 9.49. The van der Waals surface area contributed by atoms with Gasteiger partial charge in [0.15, 0.2) is 5.76 Å². The van der Waals surface area contributed by atoms with Crippen LogP contribution in [0.3, 0.4) is 0 Å². The van der Waals surface area contributed by atoms with E-state index in [-0.39, 0.29) is 11.3 Å². The van der Waals surface area contributed by atoms with E-state index in [4.69, 9.17) is 9.15 Å². The molecule has 0 atom stereocenters. The van der Waals surface area contributed by atoms with Crippen LogP contribution in [-0.2, 0) is 4.74 Å². The van der Waals surface area contributed by atoms with Crippen LogP contribution in [0, 0.1) is 5.41 Å². The number of carbonyl (C=O) groups excluding carboxylic acids is 1. The number of rotatable bonds is 6. The quantitative estimate of drug-likeness (QED) is 0.800. The third-order valence-electron chi connectivity index (χ3n) is 3.16. The molecule has 1 fully saturated rings. The minimum atomic E-state index is -0.131. The molecule has 0 aliphatic heterocycles. The maximum absolute atomic E-state index is 11.6. The van der Waals surface area contributed by atoms with Crippen LogP contribution in [0.4, 0.5) is 0 Å². The summed E-state index contributed by atoms with van der Waals surface area (Å²) >= 11 is 0. The highest BCUT2D eigenvalue weighted by molar-refractivity contribution is 5.91. The van der Waals surface area contributed by atoms with Crippen molar-refractivity contribution in [2.45, 2.75) is 19.3 Å². The Kier molecular flexibility index (Phi) is 3.29. The summed E-state index contributed by atoms with van der Waals surface area (Å²) < 4.78 is 10.1. The van der Waals surface area contributed by atoms with Crippen molar-refractivity contribution in [3.63, 3.8) is 0 Å². The Hall–Kier alpha value is -1.29. The monoisotopic (exact) mass is 223 g/mol. The fourth-order valence-corrected chi connectivity index (χ4v) is 1.77. The summed E-state index contributed by atoms with van der Waals surface area (Å²) in [5, 5.41) is 2.91. The molecule has 16 heavy (non-hydrogen) atoms. The lowest BCUT2D eigenvalue weighted by molar-refractivity contribution is 0.0910. The van der Waals surface area contributed by atoms with Crippen LogP contribution in [0.2, 0.25) is 0 Å². The Morgan fingerprint density at radius 1 is 1.62 bits per heavy atom. The molecule has 0 spiro atoms. The van der Waals surface area contributed by atoms with Gasteiger partial charge in [0.1, 0.15) is 0 Å². The van der Waals surface area contributed by atoms with E-state index in [1.807, 2.05) is 0 Å². The lowest BCUT2D eigenvalue weighted by Crippen LogP contribution is -2.30. The van der Waals surface area contributed by atoms with Gasteiger partial charge in [-0.3, -0.25) is 4.79 Å². The van der Waals surface area contributed by atoms with Crippen molar-refractivity contribution < 1.29 is 13.9 Å². The number of carbonyl (C=O) groups is 1. The summed E-state index contributed by atoms with van der Waals surface area (Å²) in [6.45, 7) is 1.48. The van der Waals surface area contributed by atoms with E-state index < -0.39 is 0 Å². The molecular weight excluding hydrogens is 206 g/mol. The van der Waals surface area contributed by atoms with E-state index >= 15 is 0 Å². The lowest BCUT2D eigenvalue weighted by atomic mass is 10.0. The van der Waals surface area contributed by atoms with E-state index in [2.05, 4.69) is 5.32 Å². The van der Waals surface area contributed by atoms with Crippen LogP contribution < -0.4 is 5.32 Å². The van der Waals surface area contributed by atoms with Crippen LogP contribution in [0.15, 0.2) is 22.8 Å². The Morgan fingerprint density at radius 2 is 2.44 bits per heavy atom. The number of ether oxygens (including phenoxy) is 1. The van der Waals surface area contributed by atoms with Crippen molar-refractivity contribution in [3.05, 3.63) is 24.2 Å². The van der Waals surface area contributed by atoms with Crippen molar-refractivity contribution in [3.8, 4) is 0 Å². The van der Waals surface area contributed by atoms with Crippen molar-refractivity contribution >= 4 is 5.91 Å². The number of hydrogen-bond acceptors (Lipinski definition) is 3. The zero-order valence-corrected chi connectivity index (χ0v) is 9.49. The average molecular weight is 223 g/mol. The van der Waals surface area contributed by atoms with Crippen LogP contribution >= 0.6 is 0 Å². The molecule has 1 aliphatic rings. The molecule has 0 saturated heterocycles. The van der Waals surface area contributed by atoms with Crippen LogP contribution in [0.1, 0.15) is 29.8 Å². The first kappa shape index (κ1) is 11.2. The number of furan rings is 1. The van der Waals surface area contributed by atoms with Crippen molar-refractivity contribution in [2.24, 2.45) is 5.41 Å². The zero-order chi connectivity index (χ0) is 11.4. The van der Waals surface area contributed by atoms with Crippen molar-refractivity contribution in [1.29, 1.82) is 0 Å². The molecule has 1 aromatic rings. The molecule has 88 valence electrons. The van der Waals surface area contributed by atoms with Gasteiger partial charge in [-0.1, -0.05) is 0 Å². The van der Waals surface area contributed by atoms with Crippen LogP contribution in [0.25, 0.3) is 0 Å². The fourth-order valence-electron chi connectivity index (χ4n) is 1.77. The fraction of sp³-hybridized carbons (Fsp3) is 0.583. The summed E-state index contributed by atoms with van der Waals surface area (Å²) in [6.07, 6.45) is 4.87. The summed E-state index contributed by atoms with van der Waals surface area (Å²) in [5.41, 5.74) is 0.276. The van der Waals surface area contributed by atoms with Crippen molar-refractivity contribution in [2.75, 3.05) is 20.3 Å². The first-order valence-electron chi connectivity index (χ1n) is 5.56. The summed E-state index contributed by atoms with van der Waals surface area (Å²) in [7, 11) is 1.71. The van der Waals surface area contributed by atoms with E-state index in [0.29, 0.717) is 5.76 Å². The second kappa shape index (κ2) is 4.70. The van der Waals surface area contributed by atoms with Crippen LogP contribution in [0.5, 0.6) is 0 Å². The molecule has 4 nitrogen and oxygen atoms in total. The van der Waals surface area contributed by atoms with Gasteiger partial charge in [0.2, 0.25) is 0 Å². The Bertz CT molecular complexity index is 341. The normalized spacial score (nSPS) is 17.1. The van der Waals surface area contributed by atoms with Gasteiger partial charge in [0.05, 0.1) is 6.26 Å². The molecule has 1 heterocycles. The molecule has 1 aliphatic carbocycles. The van der Waals surface area contributed by atoms with Gasteiger partial charge in [-0.05, 0) is 36.8 Å². The smallest absolute Gasteiger partial charge is 0.286 e. The Balaban J connectivity index is 1.77. The number of methoxy groups -OCH3 is 1. The minimum absolute atomic E-state index is 0.131. The molecular formula is C12H17NO3. The summed E-state index contributed by atoms with van der Waals surface area (Å²) in [5.74, 6) is 0.247. The summed E-state index contributed by atoms with van der Waals surface area (Å²) in [6, 6.07) is 3.39. The predicted octanol–water partition coefficient (Wildman–Crippen LogP) is 1.83. The first-order valence-corrected chi connectivity index (χ1v) is 5.56. The second-order valence-corrected chi connectivity index (χ2v) is 4.40. The van der Waals surface area contributed by atoms with Crippen LogP contribution in [-0.4, -0.2) is 26.2 Å². The number of amides is 1. The molecule has 4 heteroatoms.